The number of hydrogen-bond donors (Lipinski definition) is 2. The molecule has 0 saturated carbocycles. The largest absolute Gasteiger partial charge is 0.399 e. The van der Waals surface area contributed by atoms with Crippen molar-refractivity contribution in [2.24, 2.45) is 0 Å². The Morgan fingerprint density at radius 1 is 1.10 bits per heavy atom. The monoisotopic (exact) mass is 300 g/mol. The zero-order valence-corrected chi connectivity index (χ0v) is 12.7. The van der Waals surface area contributed by atoms with E-state index in [2.05, 4.69) is 17.4 Å². The summed E-state index contributed by atoms with van der Waals surface area (Å²) in [5, 5.41) is 2.95. The highest BCUT2D eigenvalue weighted by atomic mass is 32.2. The van der Waals surface area contributed by atoms with E-state index in [1.807, 2.05) is 42.5 Å². The Morgan fingerprint density at radius 2 is 1.90 bits per heavy atom. The summed E-state index contributed by atoms with van der Waals surface area (Å²) in [6.07, 6.45) is 1.95. The second kappa shape index (κ2) is 8.37. The molecule has 0 unspecified atom stereocenters. The van der Waals surface area contributed by atoms with E-state index < -0.39 is 0 Å². The smallest absolute Gasteiger partial charge is 0.230 e. The minimum Gasteiger partial charge on any atom is -0.399 e. The van der Waals surface area contributed by atoms with E-state index in [9.17, 15) is 4.79 Å². The summed E-state index contributed by atoms with van der Waals surface area (Å²) < 4.78 is 0. The summed E-state index contributed by atoms with van der Waals surface area (Å²) in [4.78, 5) is 12.8. The van der Waals surface area contributed by atoms with Crippen molar-refractivity contribution in [2.75, 3.05) is 18.0 Å². The van der Waals surface area contributed by atoms with Crippen LogP contribution in [0.4, 0.5) is 5.69 Å². The van der Waals surface area contributed by atoms with Crippen molar-refractivity contribution >= 4 is 23.4 Å². The average Bonchev–Trinajstić information content (AvgIpc) is 2.51. The Labute approximate surface area is 129 Å². The third-order valence-corrected chi connectivity index (χ3v) is 4.03. The molecule has 4 heteroatoms. The molecule has 0 aliphatic rings. The van der Waals surface area contributed by atoms with Crippen LogP contribution in [0.15, 0.2) is 59.5 Å². The second-order valence-electron chi connectivity index (χ2n) is 4.80. The number of benzene rings is 2. The number of aryl methyl sites for hydroxylation is 1. The molecule has 2 aromatic carbocycles. The molecule has 0 aromatic heterocycles. The summed E-state index contributed by atoms with van der Waals surface area (Å²) in [6, 6.07) is 17.9. The van der Waals surface area contributed by atoms with E-state index in [1.54, 1.807) is 0 Å². The Kier molecular flexibility index (Phi) is 6.16. The summed E-state index contributed by atoms with van der Waals surface area (Å²) >= 11 is 1.51. The molecule has 0 bridgehead atoms. The Hall–Kier alpha value is -1.94. The van der Waals surface area contributed by atoms with Gasteiger partial charge in [-0.1, -0.05) is 36.4 Å². The lowest BCUT2D eigenvalue weighted by Gasteiger charge is -2.06. The van der Waals surface area contributed by atoms with Crippen LogP contribution < -0.4 is 11.1 Å². The lowest BCUT2D eigenvalue weighted by molar-refractivity contribution is -0.118. The van der Waals surface area contributed by atoms with Crippen LogP contribution in [-0.4, -0.2) is 18.2 Å². The van der Waals surface area contributed by atoms with Gasteiger partial charge in [-0.15, -0.1) is 11.8 Å². The molecule has 0 radical (unpaired) electrons. The third kappa shape index (κ3) is 5.92. The van der Waals surface area contributed by atoms with Crippen LogP contribution in [-0.2, 0) is 11.2 Å². The first kappa shape index (κ1) is 15.4. The van der Waals surface area contributed by atoms with Crippen LogP contribution in [0, 0.1) is 0 Å². The maximum Gasteiger partial charge on any atom is 0.230 e. The fourth-order valence-corrected chi connectivity index (χ4v) is 2.76. The number of amides is 1. The fraction of sp³-hybridized carbons (Fsp3) is 0.235. The molecule has 0 aliphatic heterocycles. The zero-order valence-electron chi connectivity index (χ0n) is 11.9. The number of carbonyl (C=O) groups is 1. The van der Waals surface area contributed by atoms with Gasteiger partial charge in [0.25, 0.3) is 0 Å². The SMILES string of the molecule is Nc1cccc(SCC(=O)NCCCc2ccccc2)c1. The van der Waals surface area contributed by atoms with Crippen molar-refractivity contribution in [2.45, 2.75) is 17.7 Å². The van der Waals surface area contributed by atoms with Crippen molar-refractivity contribution < 1.29 is 4.79 Å². The van der Waals surface area contributed by atoms with Crippen molar-refractivity contribution in [1.82, 2.24) is 5.32 Å². The Bertz CT molecular complexity index is 572. The molecule has 110 valence electrons. The van der Waals surface area contributed by atoms with Crippen LogP contribution in [0.2, 0.25) is 0 Å². The molecule has 21 heavy (non-hydrogen) atoms. The number of rotatable bonds is 7. The average molecular weight is 300 g/mol. The topological polar surface area (TPSA) is 55.1 Å². The molecule has 1 amide bonds. The highest BCUT2D eigenvalue weighted by Gasteiger charge is 2.02. The Balaban J connectivity index is 1.62. The van der Waals surface area contributed by atoms with Crippen LogP contribution in [0.5, 0.6) is 0 Å². The van der Waals surface area contributed by atoms with E-state index >= 15 is 0 Å². The van der Waals surface area contributed by atoms with Gasteiger partial charge in [-0.05, 0) is 36.6 Å². The highest BCUT2D eigenvalue weighted by Crippen LogP contribution is 2.19. The Morgan fingerprint density at radius 3 is 2.67 bits per heavy atom. The van der Waals surface area contributed by atoms with E-state index in [1.165, 1.54) is 17.3 Å². The quantitative estimate of drug-likeness (QED) is 0.469. The number of nitrogens with one attached hydrogen (secondary N) is 1. The predicted molar refractivity (Wildman–Crippen MR) is 89.4 cm³/mol. The molecule has 0 fully saturated rings. The van der Waals surface area contributed by atoms with Crippen LogP contribution in [0.1, 0.15) is 12.0 Å². The first-order valence-electron chi connectivity index (χ1n) is 7.03. The molecule has 3 N–H and O–H groups in total. The predicted octanol–water partition coefficient (Wildman–Crippen LogP) is 3.11. The summed E-state index contributed by atoms with van der Waals surface area (Å²) in [7, 11) is 0. The van der Waals surface area contributed by atoms with Crippen LogP contribution >= 0.6 is 11.8 Å². The van der Waals surface area contributed by atoms with Gasteiger partial charge < -0.3 is 11.1 Å². The summed E-state index contributed by atoms with van der Waals surface area (Å²) in [6.45, 7) is 0.714. The first-order valence-corrected chi connectivity index (χ1v) is 8.01. The molecule has 2 aromatic rings. The number of nitrogen functional groups attached to an aromatic ring is 1. The first-order chi connectivity index (χ1) is 10.2. The summed E-state index contributed by atoms with van der Waals surface area (Å²) in [5.74, 6) is 0.491. The molecule has 0 aliphatic carbocycles. The number of anilines is 1. The number of thioether (sulfide) groups is 1. The van der Waals surface area contributed by atoms with Gasteiger partial charge >= 0.3 is 0 Å². The molecule has 0 atom stereocenters. The molecule has 2 rings (SSSR count). The van der Waals surface area contributed by atoms with E-state index in [0.29, 0.717) is 12.3 Å². The van der Waals surface area contributed by atoms with Gasteiger partial charge in [0.05, 0.1) is 5.75 Å². The second-order valence-corrected chi connectivity index (χ2v) is 5.85. The van der Waals surface area contributed by atoms with Crippen LogP contribution in [0.25, 0.3) is 0 Å². The maximum absolute atomic E-state index is 11.7. The van der Waals surface area contributed by atoms with E-state index in [0.717, 1.165) is 23.4 Å². The lowest BCUT2D eigenvalue weighted by atomic mass is 10.1. The molecule has 0 saturated heterocycles. The van der Waals surface area contributed by atoms with Crippen molar-refractivity contribution in [3.63, 3.8) is 0 Å². The lowest BCUT2D eigenvalue weighted by Crippen LogP contribution is -2.26. The molecular weight excluding hydrogens is 280 g/mol. The van der Waals surface area contributed by atoms with Gasteiger partial charge in [0.1, 0.15) is 0 Å². The molecule has 3 nitrogen and oxygen atoms in total. The van der Waals surface area contributed by atoms with Crippen LogP contribution in [0.3, 0.4) is 0 Å². The number of carbonyl (C=O) groups excluding carboxylic acids is 1. The van der Waals surface area contributed by atoms with Crippen molar-refractivity contribution in [1.29, 1.82) is 0 Å². The molecule has 0 heterocycles. The maximum atomic E-state index is 11.7. The number of hydrogen-bond acceptors (Lipinski definition) is 3. The highest BCUT2D eigenvalue weighted by molar-refractivity contribution is 8.00. The van der Waals surface area contributed by atoms with E-state index in [-0.39, 0.29) is 5.91 Å². The van der Waals surface area contributed by atoms with E-state index in [4.69, 9.17) is 5.73 Å². The van der Waals surface area contributed by atoms with Gasteiger partial charge in [0.15, 0.2) is 0 Å². The van der Waals surface area contributed by atoms with Gasteiger partial charge in [0.2, 0.25) is 5.91 Å². The van der Waals surface area contributed by atoms with Gasteiger partial charge in [0, 0.05) is 17.1 Å². The minimum absolute atomic E-state index is 0.0653. The van der Waals surface area contributed by atoms with Gasteiger partial charge in [-0.3, -0.25) is 4.79 Å². The zero-order chi connectivity index (χ0) is 14.9. The fourth-order valence-electron chi connectivity index (χ4n) is 1.97. The van der Waals surface area contributed by atoms with Crippen molar-refractivity contribution in [3.05, 3.63) is 60.2 Å². The van der Waals surface area contributed by atoms with Gasteiger partial charge in [-0.25, -0.2) is 0 Å². The normalized spacial score (nSPS) is 10.3. The third-order valence-electron chi connectivity index (χ3n) is 3.04. The molecule has 0 spiro atoms. The molecular formula is C17H20N2OS. The number of nitrogens with two attached hydrogens (primary N) is 1. The minimum atomic E-state index is 0.0653. The summed E-state index contributed by atoms with van der Waals surface area (Å²) in [5.41, 5.74) is 7.74. The van der Waals surface area contributed by atoms with Crippen molar-refractivity contribution in [3.8, 4) is 0 Å². The van der Waals surface area contributed by atoms with Gasteiger partial charge in [-0.2, -0.15) is 0 Å². The standard InChI is InChI=1S/C17H20N2OS/c18-15-9-4-10-16(12-15)21-13-17(20)19-11-5-8-14-6-2-1-3-7-14/h1-4,6-7,9-10,12H,5,8,11,13,18H2,(H,19,20).